The van der Waals surface area contributed by atoms with Crippen molar-refractivity contribution in [2.24, 2.45) is 7.05 Å². The van der Waals surface area contributed by atoms with Crippen LogP contribution in [0.5, 0.6) is 5.75 Å². The molecule has 0 radical (unpaired) electrons. The minimum atomic E-state index is 0.0215. The molecule has 2 rings (SSSR count). The lowest BCUT2D eigenvalue weighted by molar-refractivity contribution is 0.415. The van der Waals surface area contributed by atoms with Crippen molar-refractivity contribution in [3.05, 3.63) is 30.4 Å². The zero-order valence-corrected chi connectivity index (χ0v) is 10.7. The maximum atomic E-state index is 5.95. The van der Waals surface area contributed by atoms with Crippen molar-refractivity contribution in [1.29, 1.82) is 0 Å². The zero-order chi connectivity index (χ0) is 13.1. The van der Waals surface area contributed by atoms with Gasteiger partial charge in [-0.2, -0.15) is 0 Å². The van der Waals surface area contributed by atoms with Crippen LogP contribution < -0.4 is 15.8 Å². The number of aryl methyl sites for hydroxylation is 1. The SMILES string of the molecule is COc1ccc(NC(C)c2nncn2C)c(N)c1. The Morgan fingerprint density at radius 3 is 2.78 bits per heavy atom. The van der Waals surface area contributed by atoms with E-state index >= 15 is 0 Å². The largest absolute Gasteiger partial charge is 0.497 e. The smallest absolute Gasteiger partial charge is 0.154 e. The summed E-state index contributed by atoms with van der Waals surface area (Å²) in [5.41, 5.74) is 7.45. The van der Waals surface area contributed by atoms with Gasteiger partial charge < -0.3 is 20.4 Å². The van der Waals surface area contributed by atoms with Gasteiger partial charge in [0.05, 0.1) is 24.5 Å². The van der Waals surface area contributed by atoms with E-state index in [-0.39, 0.29) is 6.04 Å². The molecule has 18 heavy (non-hydrogen) atoms. The molecule has 0 aliphatic carbocycles. The molecule has 0 amide bonds. The van der Waals surface area contributed by atoms with Gasteiger partial charge in [-0.3, -0.25) is 0 Å². The number of rotatable bonds is 4. The van der Waals surface area contributed by atoms with Gasteiger partial charge in [0, 0.05) is 13.1 Å². The number of nitrogens with zero attached hydrogens (tertiary/aromatic N) is 3. The van der Waals surface area contributed by atoms with Crippen molar-refractivity contribution in [3.63, 3.8) is 0 Å². The van der Waals surface area contributed by atoms with Crippen LogP contribution in [-0.2, 0) is 7.05 Å². The van der Waals surface area contributed by atoms with Gasteiger partial charge in [0.15, 0.2) is 5.82 Å². The number of hydrogen-bond donors (Lipinski definition) is 2. The van der Waals surface area contributed by atoms with Crippen molar-refractivity contribution < 1.29 is 4.74 Å². The highest BCUT2D eigenvalue weighted by Crippen LogP contribution is 2.27. The summed E-state index contributed by atoms with van der Waals surface area (Å²) in [6.07, 6.45) is 1.67. The summed E-state index contributed by atoms with van der Waals surface area (Å²) >= 11 is 0. The second-order valence-corrected chi connectivity index (χ2v) is 4.12. The van der Waals surface area contributed by atoms with Crippen molar-refractivity contribution in [2.75, 3.05) is 18.2 Å². The van der Waals surface area contributed by atoms with Crippen LogP contribution in [0.15, 0.2) is 24.5 Å². The number of methoxy groups -OCH3 is 1. The minimum Gasteiger partial charge on any atom is -0.497 e. The number of nitrogens with two attached hydrogens (primary N) is 1. The van der Waals surface area contributed by atoms with Crippen molar-refractivity contribution in [1.82, 2.24) is 14.8 Å². The first-order valence-electron chi connectivity index (χ1n) is 5.65. The third kappa shape index (κ3) is 2.37. The van der Waals surface area contributed by atoms with E-state index in [4.69, 9.17) is 10.5 Å². The maximum absolute atomic E-state index is 5.95. The average molecular weight is 247 g/mol. The summed E-state index contributed by atoms with van der Waals surface area (Å²) in [5.74, 6) is 1.59. The lowest BCUT2D eigenvalue weighted by Gasteiger charge is -2.16. The topological polar surface area (TPSA) is 78.0 Å². The minimum absolute atomic E-state index is 0.0215. The number of nitrogens with one attached hydrogen (secondary N) is 1. The highest BCUT2D eigenvalue weighted by molar-refractivity contribution is 5.68. The lowest BCUT2D eigenvalue weighted by atomic mass is 10.2. The van der Waals surface area contributed by atoms with Gasteiger partial charge in [-0.1, -0.05) is 0 Å². The lowest BCUT2D eigenvalue weighted by Crippen LogP contribution is -2.13. The number of anilines is 2. The molecule has 0 spiro atoms. The number of benzene rings is 1. The van der Waals surface area contributed by atoms with Crippen LogP contribution in [0.25, 0.3) is 0 Å². The standard InChI is InChI=1S/C12H17N5O/c1-8(12-16-14-7-17(12)2)15-11-5-4-9(18-3)6-10(11)13/h4-8,15H,13H2,1-3H3. The zero-order valence-electron chi connectivity index (χ0n) is 10.7. The Bertz CT molecular complexity index is 537. The molecule has 0 bridgehead atoms. The van der Waals surface area contributed by atoms with E-state index in [1.807, 2.05) is 30.7 Å². The van der Waals surface area contributed by atoms with Crippen LogP contribution in [0.4, 0.5) is 11.4 Å². The maximum Gasteiger partial charge on any atom is 0.154 e. The van der Waals surface area contributed by atoms with E-state index < -0.39 is 0 Å². The molecule has 1 aromatic heterocycles. The molecule has 2 aromatic rings. The van der Waals surface area contributed by atoms with Crippen LogP contribution >= 0.6 is 0 Å². The average Bonchev–Trinajstić information content (AvgIpc) is 2.78. The summed E-state index contributed by atoms with van der Waals surface area (Å²) in [5, 5.41) is 11.2. The van der Waals surface area contributed by atoms with E-state index in [9.17, 15) is 0 Å². The summed E-state index contributed by atoms with van der Waals surface area (Å²) in [6, 6.07) is 5.56. The third-order valence-corrected chi connectivity index (χ3v) is 2.76. The Morgan fingerprint density at radius 2 is 2.22 bits per heavy atom. The Morgan fingerprint density at radius 1 is 1.44 bits per heavy atom. The van der Waals surface area contributed by atoms with E-state index in [0.29, 0.717) is 5.69 Å². The van der Waals surface area contributed by atoms with Gasteiger partial charge in [0.25, 0.3) is 0 Å². The molecule has 0 saturated heterocycles. The third-order valence-electron chi connectivity index (χ3n) is 2.76. The Labute approximate surface area is 106 Å². The summed E-state index contributed by atoms with van der Waals surface area (Å²) in [6.45, 7) is 2.01. The normalized spacial score (nSPS) is 12.2. The Kier molecular flexibility index (Phi) is 3.36. The number of nitrogen functional groups attached to an aromatic ring is 1. The van der Waals surface area contributed by atoms with Gasteiger partial charge in [-0.05, 0) is 19.1 Å². The first-order chi connectivity index (χ1) is 8.61. The fourth-order valence-corrected chi connectivity index (χ4v) is 1.78. The second kappa shape index (κ2) is 4.95. The van der Waals surface area contributed by atoms with Crippen molar-refractivity contribution >= 4 is 11.4 Å². The first-order valence-corrected chi connectivity index (χ1v) is 5.65. The summed E-state index contributed by atoms with van der Waals surface area (Å²) in [4.78, 5) is 0. The molecule has 3 N–H and O–H groups in total. The Balaban J connectivity index is 2.17. The molecule has 1 unspecified atom stereocenters. The fraction of sp³-hybridized carbons (Fsp3) is 0.333. The molecule has 96 valence electrons. The summed E-state index contributed by atoms with van der Waals surface area (Å²) < 4.78 is 6.98. The van der Waals surface area contributed by atoms with Crippen LogP contribution in [-0.4, -0.2) is 21.9 Å². The van der Waals surface area contributed by atoms with E-state index in [0.717, 1.165) is 17.3 Å². The first kappa shape index (κ1) is 12.2. The predicted octanol–water partition coefficient (Wildman–Crippen LogP) is 1.58. The molecule has 0 aliphatic heterocycles. The van der Waals surface area contributed by atoms with Crippen LogP contribution in [0, 0.1) is 0 Å². The second-order valence-electron chi connectivity index (χ2n) is 4.12. The van der Waals surface area contributed by atoms with E-state index in [1.165, 1.54) is 0 Å². The molecular weight excluding hydrogens is 230 g/mol. The molecule has 0 aliphatic rings. The van der Waals surface area contributed by atoms with Gasteiger partial charge in [-0.15, -0.1) is 10.2 Å². The molecule has 1 atom stereocenters. The predicted molar refractivity (Wildman–Crippen MR) is 70.4 cm³/mol. The number of aromatic nitrogens is 3. The molecule has 1 aromatic carbocycles. The van der Waals surface area contributed by atoms with Crippen LogP contribution in [0.1, 0.15) is 18.8 Å². The van der Waals surface area contributed by atoms with E-state index in [1.54, 1.807) is 19.5 Å². The number of ether oxygens (including phenoxy) is 1. The highest BCUT2D eigenvalue weighted by atomic mass is 16.5. The molecule has 0 fully saturated rings. The van der Waals surface area contributed by atoms with Crippen molar-refractivity contribution in [2.45, 2.75) is 13.0 Å². The van der Waals surface area contributed by atoms with Gasteiger partial charge in [-0.25, -0.2) is 0 Å². The molecule has 6 heteroatoms. The molecular formula is C12H17N5O. The molecule has 6 nitrogen and oxygen atoms in total. The van der Waals surface area contributed by atoms with E-state index in [2.05, 4.69) is 15.5 Å². The van der Waals surface area contributed by atoms with Gasteiger partial charge >= 0.3 is 0 Å². The fourth-order valence-electron chi connectivity index (χ4n) is 1.78. The molecule has 0 saturated carbocycles. The summed E-state index contributed by atoms with van der Waals surface area (Å²) in [7, 11) is 3.52. The molecule has 1 heterocycles. The quantitative estimate of drug-likeness (QED) is 0.802. The number of hydrogen-bond acceptors (Lipinski definition) is 5. The van der Waals surface area contributed by atoms with Gasteiger partial charge in [0.1, 0.15) is 12.1 Å². The van der Waals surface area contributed by atoms with Crippen LogP contribution in [0.3, 0.4) is 0 Å². The van der Waals surface area contributed by atoms with Crippen molar-refractivity contribution in [3.8, 4) is 5.75 Å². The highest BCUT2D eigenvalue weighted by Gasteiger charge is 2.12. The van der Waals surface area contributed by atoms with Crippen LogP contribution in [0.2, 0.25) is 0 Å². The van der Waals surface area contributed by atoms with Gasteiger partial charge in [0.2, 0.25) is 0 Å². The monoisotopic (exact) mass is 247 g/mol. The Hall–Kier alpha value is -2.24.